The molecule has 3 aromatic rings. The molecule has 0 unspecified atom stereocenters. The van der Waals surface area contributed by atoms with Gasteiger partial charge in [0.25, 0.3) is 11.8 Å². The van der Waals surface area contributed by atoms with Crippen molar-refractivity contribution in [3.05, 3.63) is 99.5 Å². The largest absolute Gasteiger partial charge is 0.422 e. The summed E-state index contributed by atoms with van der Waals surface area (Å²) < 4.78 is 6.27. The number of nitrogens with zero attached hydrogens (tertiary/aromatic N) is 1. The van der Waals surface area contributed by atoms with E-state index in [0.29, 0.717) is 21.3 Å². The van der Waals surface area contributed by atoms with Gasteiger partial charge in [-0.2, -0.15) is 0 Å². The Morgan fingerprint density at radius 1 is 1.00 bits per heavy atom. The molecule has 1 heterocycles. The highest BCUT2D eigenvalue weighted by Crippen LogP contribution is 2.28. The third-order valence-electron chi connectivity index (χ3n) is 4.67. The van der Waals surface area contributed by atoms with Gasteiger partial charge in [0.2, 0.25) is 0 Å². The zero-order valence-corrected chi connectivity index (χ0v) is 18.0. The van der Waals surface area contributed by atoms with Gasteiger partial charge in [0, 0.05) is 10.0 Å². The molecule has 4 rings (SSSR count). The number of rotatable bonds is 4. The average Bonchev–Trinajstić information content (AvgIpc) is 3.05. The van der Waals surface area contributed by atoms with E-state index in [4.69, 9.17) is 4.74 Å². The van der Waals surface area contributed by atoms with Gasteiger partial charge in [-0.3, -0.25) is 15.0 Å². The molecule has 0 bridgehead atoms. The maximum Gasteiger partial charge on any atom is 0.343 e. The summed E-state index contributed by atoms with van der Waals surface area (Å²) in [6.07, 6.45) is 1.42. The fraction of sp³-hybridized carbons (Fsp3) is 0.0417. The zero-order valence-electron chi connectivity index (χ0n) is 16.5. The molecule has 31 heavy (non-hydrogen) atoms. The van der Waals surface area contributed by atoms with Crippen LogP contribution in [0.3, 0.4) is 0 Å². The van der Waals surface area contributed by atoms with Gasteiger partial charge in [-0.05, 0) is 55.5 Å². The molecule has 0 saturated carbocycles. The minimum Gasteiger partial charge on any atom is -0.422 e. The predicted octanol–water partition coefficient (Wildman–Crippen LogP) is 4.44. The van der Waals surface area contributed by atoms with Gasteiger partial charge in [-0.15, -0.1) is 0 Å². The van der Waals surface area contributed by atoms with Gasteiger partial charge in [-0.1, -0.05) is 51.8 Å². The molecule has 1 aliphatic rings. The minimum atomic E-state index is -0.537. The molecule has 3 aromatic carbocycles. The van der Waals surface area contributed by atoms with Gasteiger partial charge in [-0.25, -0.2) is 9.80 Å². The molecule has 2 amide bonds. The lowest BCUT2D eigenvalue weighted by Crippen LogP contribution is -2.35. The fourth-order valence-electron chi connectivity index (χ4n) is 3.05. The SMILES string of the molecule is Cc1ccc(C(=O)Oc2ccc(Br)cc2/C=C2\C(=O)NN(c3ccccc3)C2=O)cc1. The molecule has 1 saturated heterocycles. The first-order chi connectivity index (χ1) is 14.9. The number of benzene rings is 3. The second-order valence-corrected chi connectivity index (χ2v) is 7.83. The van der Waals surface area contributed by atoms with Gasteiger partial charge < -0.3 is 4.74 Å². The van der Waals surface area contributed by atoms with Crippen LogP contribution in [-0.2, 0) is 9.59 Å². The van der Waals surface area contributed by atoms with Crippen LogP contribution in [0, 0.1) is 6.92 Å². The fourth-order valence-corrected chi connectivity index (χ4v) is 3.42. The van der Waals surface area contributed by atoms with Crippen LogP contribution in [0.25, 0.3) is 6.08 Å². The van der Waals surface area contributed by atoms with E-state index in [9.17, 15) is 14.4 Å². The van der Waals surface area contributed by atoms with Crippen LogP contribution in [0.2, 0.25) is 0 Å². The number of aryl methyl sites for hydroxylation is 1. The number of carbonyl (C=O) groups is 3. The second kappa shape index (κ2) is 8.57. The molecule has 0 atom stereocenters. The monoisotopic (exact) mass is 476 g/mol. The quantitative estimate of drug-likeness (QED) is 0.261. The number of ether oxygens (including phenoxy) is 1. The van der Waals surface area contributed by atoms with E-state index in [0.717, 1.165) is 5.56 Å². The van der Waals surface area contributed by atoms with Crippen LogP contribution < -0.4 is 15.2 Å². The summed E-state index contributed by atoms with van der Waals surface area (Å²) in [6.45, 7) is 1.93. The lowest BCUT2D eigenvalue weighted by molar-refractivity contribution is -0.117. The summed E-state index contributed by atoms with van der Waals surface area (Å²) in [5.41, 5.74) is 4.89. The van der Waals surface area contributed by atoms with Crippen LogP contribution in [0.4, 0.5) is 5.69 Å². The van der Waals surface area contributed by atoms with Gasteiger partial charge in [0.05, 0.1) is 11.3 Å². The molecular formula is C24H17BrN2O4. The molecule has 0 radical (unpaired) electrons. The van der Waals surface area contributed by atoms with E-state index < -0.39 is 17.8 Å². The third kappa shape index (κ3) is 4.41. The Kier molecular flexibility index (Phi) is 5.68. The number of amides is 2. The summed E-state index contributed by atoms with van der Waals surface area (Å²) >= 11 is 3.38. The summed E-state index contributed by atoms with van der Waals surface area (Å²) in [5, 5.41) is 1.18. The number of anilines is 1. The van der Waals surface area contributed by atoms with Crippen molar-refractivity contribution in [2.24, 2.45) is 0 Å². The van der Waals surface area contributed by atoms with Crippen LogP contribution in [-0.4, -0.2) is 17.8 Å². The average molecular weight is 477 g/mol. The maximum absolute atomic E-state index is 12.8. The number of hydrazine groups is 1. The number of para-hydroxylation sites is 1. The molecule has 1 N–H and O–H groups in total. The Balaban J connectivity index is 1.65. The Hall–Kier alpha value is -3.71. The maximum atomic E-state index is 12.8. The normalized spacial score (nSPS) is 14.6. The van der Waals surface area contributed by atoms with Crippen molar-refractivity contribution in [3.63, 3.8) is 0 Å². The van der Waals surface area contributed by atoms with Crippen LogP contribution in [0.1, 0.15) is 21.5 Å². The Labute approximate surface area is 187 Å². The molecule has 7 heteroatoms. The van der Waals surface area contributed by atoms with Crippen molar-refractivity contribution in [2.75, 3.05) is 5.01 Å². The minimum absolute atomic E-state index is 0.0606. The van der Waals surface area contributed by atoms with E-state index in [1.807, 2.05) is 25.1 Å². The number of hydrogen-bond donors (Lipinski definition) is 1. The Morgan fingerprint density at radius 3 is 2.42 bits per heavy atom. The number of esters is 1. The van der Waals surface area contributed by atoms with Crippen LogP contribution >= 0.6 is 15.9 Å². The third-order valence-corrected chi connectivity index (χ3v) is 5.16. The molecule has 1 aliphatic heterocycles. The number of hydrogen-bond acceptors (Lipinski definition) is 4. The van der Waals surface area contributed by atoms with Gasteiger partial charge in [0.15, 0.2) is 0 Å². The molecule has 1 fully saturated rings. The molecule has 0 aliphatic carbocycles. The van der Waals surface area contributed by atoms with Crippen LogP contribution in [0.15, 0.2) is 82.8 Å². The smallest absolute Gasteiger partial charge is 0.343 e. The molecule has 6 nitrogen and oxygen atoms in total. The topological polar surface area (TPSA) is 75.7 Å². The van der Waals surface area contributed by atoms with Crippen molar-refractivity contribution in [1.29, 1.82) is 0 Å². The summed E-state index contributed by atoms with van der Waals surface area (Å²) in [6, 6.07) is 20.8. The van der Waals surface area contributed by atoms with E-state index in [1.165, 1.54) is 11.1 Å². The van der Waals surface area contributed by atoms with Crippen molar-refractivity contribution in [2.45, 2.75) is 6.92 Å². The standard InChI is InChI=1S/C24H17BrN2O4/c1-15-7-9-16(10-8-15)24(30)31-21-12-11-18(25)13-17(21)14-20-22(28)26-27(23(20)29)19-5-3-2-4-6-19/h2-14H,1H3,(H,26,28)/b20-14+. The summed E-state index contributed by atoms with van der Waals surface area (Å²) in [7, 11) is 0. The Bertz CT molecular complexity index is 1200. The highest BCUT2D eigenvalue weighted by molar-refractivity contribution is 9.10. The lowest BCUT2D eigenvalue weighted by atomic mass is 10.1. The Morgan fingerprint density at radius 2 is 1.71 bits per heavy atom. The van der Waals surface area contributed by atoms with E-state index in [-0.39, 0.29) is 11.3 Å². The summed E-state index contributed by atoms with van der Waals surface area (Å²) in [4.78, 5) is 37.9. The molecule has 0 aromatic heterocycles. The summed E-state index contributed by atoms with van der Waals surface area (Å²) in [5.74, 6) is -1.33. The molecule has 154 valence electrons. The second-order valence-electron chi connectivity index (χ2n) is 6.91. The highest BCUT2D eigenvalue weighted by Gasteiger charge is 2.34. The van der Waals surface area contributed by atoms with Crippen molar-refractivity contribution < 1.29 is 19.1 Å². The van der Waals surface area contributed by atoms with E-state index in [2.05, 4.69) is 21.4 Å². The number of halogens is 1. The first kappa shape index (κ1) is 20.6. The van der Waals surface area contributed by atoms with Gasteiger partial charge in [0.1, 0.15) is 11.3 Å². The molecular weight excluding hydrogens is 460 g/mol. The highest BCUT2D eigenvalue weighted by atomic mass is 79.9. The van der Waals surface area contributed by atoms with Crippen molar-refractivity contribution in [1.82, 2.24) is 5.43 Å². The molecule has 0 spiro atoms. The van der Waals surface area contributed by atoms with E-state index >= 15 is 0 Å². The zero-order chi connectivity index (χ0) is 22.0. The van der Waals surface area contributed by atoms with Crippen LogP contribution in [0.5, 0.6) is 5.75 Å². The van der Waals surface area contributed by atoms with Gasteiger partial charge >= 0.3 is 5.97 Å². The first-order valence-corrected chi connectivity index (χ1v) is 10.2. The number of nitrogens with one attached hydrogen (secondary N) is 1. The number of carbonyl (C=O) groups excluding carboxylic acids is 3. The predicted molar refractivity (Wildman–Crippen MR) is 120 cm³/mol. The van der Waals surface area contributed by atoms with Crippen molar-refractivity contribution >= 4 is 45.5 Å². The van der Waals surface area contributed by atoms with Crippen molar-refractivity contribution in [3.8, 4) is 5.75 Å². The van der Waals surface area contributed by atoms with E-state index in [1.54, 1.807) is 54.6 Å². The lowest BCUT2D eigenvalue weighted by Gasteiger charge is -2.14. The first-order valence-electron chi connectivity index (χ1n) is 9.43.